The molecule has 0 saturated carbocycles. The van der Waals surface area contributed by atoms with Gasteiger partial charge in [-0.15, -0.1) is 0 Å². The summed E-state index contributed by atoms with van der Waals surface area (Å²) in [6.07, 6.45) is 9.03. The lowest BCUT2D eigenvalue weighted by molar-refractivity contribution is -0.134. The van der Waals surface area contributed by atoms with Crippen molar-refractivity contribution in [1.82, 2.24) is 20.4 Å². The zero-order valence-electron chi connectivity index (χ0n) is 20.4. The Bertz CT molecular complexity index is 1050. The van der Waals surface area contributed by atoms with Crippen LogP contribution in [0.5, 0.6) is 0 Å². The van der Waals surface area contributed by atoms with E-state index in [1.54, 1.807) is 0 Å². The Morgan fingerprint density at radius 1 is 1.33 bits per heavy atom. The van der Waals surface area contributed by atoms with E-state index in [0.717, 1.165) is 28.5 Å². The lowest BCUT2D eigenvalue weighted by Crippen LogP contribution is -2.50. The number of rotatable bonds is 6. The molecule has 0 spiro atoms. The van der Waals surface area contributed by atoms with Crippen molar-refractivity contribution in [2.75, 3.05) is 13.2 Å². The number of hydrogen-bond acceptors (Lipinski definition) is 4. The predicted octanol–water partition coefficient (Wildman–Crippen LogP) is 4.89. The van der Waals surface area contributed by atoms with Crippen molar-refractivity contribution in [3.63, 3.8) is 0 Å². The minimum atomic E-state index is -0.624. The number of nitrogens with zero attached hydrogens (tertiary/aromatic N) is 2. The number of hydrogen-bond donors (Lipinski definition) is 2. The number of aryl methyl sites for hydroxylation is 1. The molecule has 0 radical (unpaired) electrons. The summed E-state index contributed by atoms with van der Waals surface area (Å²) in [5, 5.41) is 11.1. The zero-order valence-corrected chi connectivity index (χ0v) is 20.4. The van der Waals surface area contributed by atoms with Crippen LogP contribution in [0, 0.1) is 5.41 Å². The number of aromatic nitrogens is 2. The smallest absolute Gasteiger partial charge is 0.408 e. The third-order valence-corrected chi connectivity index (χ3v) is 6.04. The highest BCUT2D eigenvalue weighted by molar-refractivity contribution is 5.88. The van der Waals surface area contributed by atoms with E-state index in [1.165, 1.54) is 5.56 Å². The number of ether oxygens (including phenoxy) is 1. The molecule has 1 atom stereocenters. The number of fused-ring (bicyclic) bond motifs is 3. The van der Waals surface area contributed by atoms with Crippen LogP contribution in [0.25, 0.3) is 10.9 Å². The lowest BCUT2D eigenvalue weighted by atomic mass is 9.90. The molecule has 1 aromatic carbocycles. The molecule has 1 aromatic heterocycles. The summed E-state index contributed by atoms with van der Waals surface area (Å²) in [7, 11) is 0. The molecular formula is C26H36N4O3. The van der Waals surface area contributed by atoms with E-state index >= 15 is 0 Å². The fourth-order valence-corrected chi connectivity index (χ4v) is 4.02. The van der Waals surface area contributed by atoms with Gasteiger partial charge in [0.25, 0.3) is 0 Å². The highest BCUT2D eigenvalue weighted by Gasteiger charge is 2.30. The molecular weight excluding hydrogens is 416 g/mol. The van der Waals surface area contributed by atoms with E-state index in [9.17, 15) is 9.59 Å². The number of carbonyl (C=O) groups excluding carboxylic acids is 2. The summed E-state index contributed by atoms with van der Waals surface area (Å²) in [4.78, 5) is 27.9. The van der Waals surface area contributed by atoms with E-state index in [0.29, 0.717) is 25.9 Å². The molecule has 7 nitrogen and oxygen atoms in total. The normalized spacial score (nSPS) is 17.7. The highest BCUT2D eigenvalue weighted by Crippen LogP contribution is 2.28. The zero-order chi connectivity index (χ0) is 24.0. The van der Waals surface area contributed by atoms with Crippen molar-refractivity contribution in [3.05, 3.63) is 53.3 Å². The molecule has 33 heavy (non-hydrogen) atoms. The van der Waals surface area contributed by atoms with Crippen LogP contribution in [-0.4, -0.2) is 46.3 Å². The lowest BCUT2D eigenvalue weighted by Gasteiger charge is -2.33. The molecule has 0 fully saturated rings. The van der Waals surface area contributed by atoms with E-state index in [2.05, 4.69) is 42.4 Å². The SMILES string of the molecule is C/C=C\C(=C/C)COC(=O)N[C@@H]1CCc2ccc3[nH]ncc3c2CN(CCC(C)(C)C)C1=O. The molecule has 3 rings (SSSR count). The number of benzene rings is 1. The first-order valence-corrected chi connectivity index (χ1v) is 11.7. The molecule has 0 bridgehead atoms. The predicted molar refractivity (Wildman–Crippen MR) is 131 cm³/mol. The van der Waals surface area contributed by atoms with Crippen molar-refractivity contribution < 1.29 is 14.3 Å². The third kappa shape index (κ3) is 6.46. The average Bonchev–Trinajstić information content (AvgIpc) is 3.24. The van der Waals surface area contributed by atoms with Crippen LogP contribution >= 0.6 is 0 Å². The van der Waals surface area contributed by atoms with E-state index in [-0.39, 0.29) is 17.9 Å². The van der Waals surface area contributed by atoms with Crippen molar-refractivity contribution >= 4 is 22.9 Å². The summed E-state index contributed by atoms with van der Waals surface area (Å²) in [5.74, 6) is -0.0675. The molecule has 0 unspecified atom stereocenters. The summed E-state index contributed by atoms with van der Waals surface area (Å²) >= 11 is 0. The van der Waals surface area contributed by atoms with Crippen LogP contribution < -0.4 is 5.32 Å². The van der Waals surface area contributed by atoms with E-state index in [4.69, 9.17) is 4.74 Å². The molecule has 2 amide bonds. The van der Waals surface area contributed by atoms with Gasteiger partial charge in [-0.3, -0.25) is 9.89 Å². The average molecular weight is 453 g/mol. The molecule has 2 aromatic rings. The molecule has 2 N–H and O–H groups in total. The molecule has 178 valence electrons. The summed E-state index contributed by atoms with van der Waals surface area (Å²) in [6.45, 7) is 11.6. The van der Waals surface area contributed by atoms with E-state index < -0.39 is 12.1 Å². The van der Waals surface area contributed by atoms with Crippen LogP contribution in [0.1, 0.15) is 58.6 Å². The van der Waals surface area contributed by atoms with Crippen LogP contribution in [-0.2, 0) is 22.5 Å². The van der Waals surface area contributed by atoms with Gasteiger partial charge in [0.05, 0.1) is 11.7 Å². The Morgan fingerprint density at radius 2 is 2.12 bits per heavy atom. The molecule has 0 saturated heterocycles. The maximum absolute atomic E-state index is 13.5. The van der Waals surface area contributed by atoms with Gasteiger partial charge in [0.15, 0.2) is 0 Å². The second-order valence-corrected chi connectivity index (χ2v) is 9.78. The van der Waals surface area contributed by atoms with Gasteiger partial charge in [-0.2, -0.15) is 5.10 Å². The Hall–Kier alpha value is -3.09. The van der Waals surface area contributed by atoms with Crippen LogP contribution in [0.4, 0.5) is 4.79 Å². The van der Waals surface area contributed by atoms with Gasteiger partial charge in [-0.1, -0.05) is 45.1 Å². The summed E-state index contributed by atoms with van der Waals surface area (Å²) in [6, 6.07) is 3.50. The monoisotopic (exact) mass is 452 g/mol. The van der Waals surface area contributed by atoms with E-state index in [1.807, 2.05) is 49.2 Å². The third-order valence-electron chi connectivity index (χ3n) is 6.04. The number of amides is 2. The Labute approximate surface area is 196 Å². The van der Waals surface area contributed by atoms with Gasteiger partial charge >= 0.3 is 6.09 Å². The number of alkyl carbamates (subject to hydrolysis) is 1. The minimum absolute atomic E-state index is 0.0675. The maximum Gasteiger partial charge on any atom is 0.408 e. The number of nitrogens with one attached hydrogen (secondary N) is 2. The topological polar surface area (TPSA) is 87.3 Å². The largest absolute Gasteiger partial charge is 0.445 e. The summed E-state index contributed by atoms with van der Waals surface area (Å²) < 4.78 is 5.38. The number of aromatic amines is 1. The first-order chi connectivity index (χ1) is 15.7. The molecule has 0 aliphatic carbocycles. The Morgan fingerprint density at radius 3 is 2.82 bits per heavy atom. The summed E-state index contributed by atoms with van der Waals surface area (Å²) in [5.41, 5.74) is 4.28. The van der Waals surface area contributed by atoms with Gasteiger partial charge < -0.3 is 15.0 Å². The standard InChI is InChI=1S/C26H36N4O3/c1-6-8-18(7-2)17-33-25(32)28-23-12-10-19-9-11-22-20(15-27-29-22)21(19)16-30(24(23)31)14-13-26(3,4)5/h6-9,11,15,23H,10,12-14,16-17H2,1-5H3,(H,27,29)(H,28,32)/b8-6-,18-7+/t23-/m1/s1. The van der Waals surface area contributed by atoms with Gasteiger partial charge in [-0.25, -0.2) is 4.79 Å². The Kier molecular flexibility index (Phi) is 7.95. The van der Waals surface area contributed by atoms with Crippen LogP contribution in [0.2, 0.25) is 0 Å². The second-order valence-electron chi connectivity index (χ2n) is 9.78. The van der Waals surface area contributed by atoms with Crippen molar-refractivity contribution in [2.45, 2.75) is 66.5 Å². The Balaban J connectivity index is 1.81. The second kappa shape index (κ2) is 10.7. The minimum Gasteiger partial charge on any atom is -0.445 e. The molecule has 1 aliphatic rings. The highest BCUT2D eigenvalue weighted by atomic mass is 16.5. The van der Waals surface area contributed by atoms with Crippen LogP contribution in [0.15, 0.2) is 42.1 Å². The fourth-order valence-electron chi connectivity index (χ4n) is 4.02. The van der Waals surface area contributed by atoms with Gasteiger partial charge in [0.2, 0.25) is 5.91 Å². The molecule has 2 heterocycles. The quantitative estimate of drug-likeness (QED) is 0.611. The van der Waals surface area contributed by atoms with Crippen LogP contribution in [0.3, 0.4) is 0 Å². The van der Waals surface area contributed by atoms with Gasteiger partial charge in [-0.05, 0) is 61.3 Å². The first-order valence-electron chi connectivity index (χ1n) is 11.7. The van der Waals surface area contributed by atoms with Crippen molar-refractivity contribution in [3.8, 4) is 0 Å². The maximum atomic E-state index is 13.5. The fraction of sp³-hybridized carbons (Fsp3) is 0.500. The number of allylic oxidation sites excluding steroid dienone is 2. The molecule has 7 heteroatoms. The van der Waals surface area contributed by atoms with Crippen molar-refractivity contribution in [1.29, 1.82) is 0 Å². The molecule has 1 aliphatic heterocycles. The number of carbonyl (C=O) groups is 2. The van der Waals surface area contributed by atoms with Crippen molar-refractivity contribution in [2.24, 2.45) is 5.41 Å². The number of H-pyrrole nitrogens is 1. The first kappa shape index (κ1) is 24.6. The van der Waals surface area contributed by atoms with Gasteiger partial charge in [0.1, 0.15) is 12.6 Å². The van der Waals surface area contributed by atoms with Gasteiger partial charge in [0, 0.05) is 18.5 Å².